The smallest absolute Gasteiger partial charge is 0.227 e. The predicted molar refractivity (Wildman–Crippen MR) is 114 cm³/mol. The van der Waals surface area contributed by atoms with Crippen molar-refractivity contribution >= 4 is 17.6 Å². The second-order valence-electron chi connectivity index (χ2n) is 7.14. The van der Waals surface area contributed by atoms with Crippen LogP contribution in [0.5, 0.6) is 0 Å². The van der Waals surface area contributed by atoms with Crippen molar-refractivity contribution in [1.29, 1.82) is 0 Å². The minimum atomic E-state index is 0.760. The molecule has 1 fully saturated rings. The highest BCUT2D eigenvalue weighted by Gasteiger charge is 2.20. The molecule has 1 aliphatic heterocycles. The normalized spacial score (nSPS) is 14.2. The minimum Gasteiger partial charge on any atom is -0.366 e. The molecule has 1 aromatic carbocycles. The lowest BCUT2D eigenvalue weighted by Gasteiger charge is -2.35. The highest BCUT2D eigenvalue weighted by Crippen LogP contribution is 2.19. The number of hydrogen-bond donors (Lipinski definition) is 1. The minimum absolute atomic E-state index is 0.760. The maximum atomic E-state index is 4.77. The Morgan fingerprint density at radius 2 is 1.64 bits per heavy atom. The molecule has 0 atom stereocenters. The Bertz CT molecular complexity index is 919. The topological polar surface area (TPSA) is 57.2 Å². The average Bonchev–Trinajstić information content (AvgIpc) is 2.74. The predicted octanol–water partition coefficient (Wildman–Crippen LogP) is 3.43. The van der Waals surface area contributed by atoms with Gasteiger partial charge in [-0.3, -0.25) is 0 Å². The molecule has 1 N–H and O–H groups in total. The van der Waals surface area contributed by atoms with Crippen LogP contribution >= 0.6 is 0 Å². The molecular weight excluding hydrogens is 348 g/mol. The standard InChI is InChI=1S/C22H26N6/c1-17-7-3-4-8-19(17)16-24-20-15-18(2)25-22(26-20)28-13-11-27(12-14-28)21-9-5-6-10-23-21/h3-10,15H,11-14,16H2,1-2H3,(H,24,25,26). The molecule has 0 saturated carbocycles. The van der Waals surface area contributed by atoms with Gasteiger partial charge in [0.2, 0.25) is 5.95 Å². The van der Waals surface area contributed by atoms with Gasteiger partial charge in [-0.2, -0.15) is 4.98 Å². The summed E-state index contributed by atoms with van der Waals surface area (Å²) in [5.74, 6) is 2.71. The number of hydrogen-bond acceptors (Lipinski definition) is 6. The van der Waals surface area contributed by atoms with E-state index in [1.165, 1.54) is 11.1 Å². The summed E-state index contributed by atoms with van der Waals surface area (Å²) in [5.41, 5.74) is 3.54. The second-order valence-corrected chi connectivity index (χ2v) is 7.14. The Labute approximate surface area is 166 Å². The lowest BCUT2D eigenvalue weighted by molar-refractivity contribution is 0.634. The number of nitrogens with zero attached hydrogens (tertiary/aromatic N) is 5. The Morgan fingerprint density at radius 1 is 0.893 bits per heavy atom. The van der Waals surface area contributed by atoms with Crippen LogP contribution < -0.4 is 15.1 Å². The fraction of sp³-hybridized carbons (Fsp3) is 0.318. The number of aromatic nitrogens is 3. The summed E-state index contributed by atoms with van der Waals surface area (Å²) in [6.07, 6.45) is 1.85. The fourth-order valence-corrected chi connectivity index (χ4v) is 3.46. The van der Waals surface area contributed by atoms with E-state index < -0.39 is 0 Å². The van der Waals surface area contributed by atoms with Crippen LogP contribution in [0.15, 0.2) is 54.7 Å². The van der Waals surface area contributed by atoms with Crippen molar-refractivity contribution in [2.24, 2.45) is 0 Å². The molecule has 6 heteroatoms. The van der Waals surface area contributed by atoms with Crippen LogP contribution in [0.1, 0.15) is 16.8 Å². The molecule has 0 spiro atoms. The van der Waals surface area contributed by atoms with E-state index in [0.717, 1.165) is 56.0 Å². The monoisotopic (exact) mass is 374 g/mol. The van der Waals surface area contributed by atoms with E-state index in [0.29, 0.717) is 0 Å². The first-order valence-corrected chi connectivity index (χ1v) is 9.74. The van der Waals surface area contributed by atoms with E-state index in [-0.39, 0.29) is 0 Å². The van der Waals surface area contributed by atoms with Crippen molar-refractivity contribution in [2.45, 2.75) is 20.4 Å². The van der Waals surface area contributed by atoms with E-state index in [4.69, 9.17) is 4.98 Å². The number of piperazine rings is 1. The molecule has 28 heavy (non-hydrogen) atoms. The van der Waals surface area contributed by atoms with Gasteiger partial charge in [0, 0.05) is 50.7 Å². The first-order chi connectivity index (χ1) is 13.7. The molecule has 1 aliphatic rings. The molecule has 0 radical (unpaired) electrons. The third-order valence-corrected chi connectivity index (χ3v) is 5.10. The number of benzene rings is 1. The zero-order valence-electron chi connectivity index (χ0n) is 16.5. The molecule has 1 saturated heterocycles. The van der Waals surface area contributed by atoms with E-state index in [1.807, 2.05) is 31.3 Å². The third-order valence-electron chi connectivity index (χ3n) is 5.10. The van der Waals surface area contributed by atoms with Crippen LogP contribution in [0.4, 0.5) is 17.6 Å². The van der Waals surface area contributed by atoms with Gasteiger partial charge in [0.15, 0.2) is 0 Å². The molecule has 0 bridgehead atoms. The van der Waals surface area contributed by atoms with Crippen LogP contribution in [0.3, 0.4) is 0 Å². The van der Waals surface area contributed by atoms with E-state index in [2.05, 4.69) is 62.3 Å². The summed E-state index contributed by atoms with van der Waals surface area (Å²) in [6.45, 7) is 8.52. The Kier molecular flexibility index (Phi) is 5.37. The first-order valence-electron chi connectivity index (χ1n) is 9.74. The molecule has 3 aromatic rings. The van der Waals surface area contributed by atoms with Gasteiger partial charge in [0.25, 0.3) is 0 Å². The quantitative estimate of drug-likeness (QED) is 0.738. The highest BCUT2D eigenvalue weighted by molar-refractivity contribution is 5.47. The molecule has 3 heterocycles. The first kappa shape index (κ1) is 18.2. The largest absolute Gasteiger partial charge is 0.366 e. The number of pyridine rings is 1. The van der Waals surface area contributed by atoms with Crippen molar-refractivity contribution in [2.75, 3.05) is 41.3 Å². The zero-order valence-corrected chi connectivity index (χ0v) is 16.5. The van der Waals surface area contributed by atoms with Crippen molar-refractivity contribution in [3.05, 3.63) is 71.5 Å². The van der Waals surface area contributed by atoms with E-state index >= 15 is 0 Å². The Balaban J connectivity index is 1.42. The van der Waals surface area contributed by atoms with Gasteiger partial charge in [-0.25, -0.2) is 9.97 Å². The van der Waals surface area contributed by atoms with E-state index in [9.17, 15) is 0 Å². The van der Waals surface area contributed by atoms with Crippen LogP contribution in [0.2, 0.25) is 0 Å². The van der Waals surface area contributed by atoms with Crippen LogP contribution in [-0.2, 0) is 6.54 Å². The maximum Gasteiger partial charge on any atom is 0.227 e. The van der Waals surface area contributed by atoms with Gasteiger partial charge < -0.3 is 15.1 Å². The summed E-state index contributed by atoms with van der Waals surface area (Å²) in [7, 11) is 0. The zero-order chi connectivity index (χ0) is 19.3. The van der Waals surface area contributed by atoms with Crippen molar-refractivity contribution in [3.63, 3.8) is 0 Å². The molecule has 4 rings (SSSR count). The highest BCUT2D eigenvalue weighted by atomic mass is 15.3. The third kappa shape index (κ3) is 4.22. The average molecular weight is 374 g/mol. The van der Waals surface area contributed by atoms with Gasteiger partial charge in [-0.1, -0.05) is 30.3 Å². The van der Waals surface area contributed by atoms with Gasteiger partial charge in [-0.05, 0) is 37.1 Å². The Morgan fingerprint density at radius 3 is 2.39 bits per heavy atom. The summed E-state index contributed by atoms with van der Waals surface area (Å²) in [6, 6.07) is 16.5. The molecule has 6 nitrogen and oxygen atoms in total. The SMILES string of the molecule is Cc1cc(NCc2ccccc2C)nc(N2CCN(c3ccccn3)CC2)n1. The van der Waals surface area contributed by atoms with Crippen molar-refractivity contribution < 1.29 is 0 Å². The molecule has 0 amide bonds. The van der Waals surface area contributed by atoms with Crippen molar-refractivity contribution in [3.8, 4) is 0 Å². The van der Waals surface area contributed by atoms with Gasteiger partial charge in [0.05, 0.1) is 0 Å². The van der Waals surface area contributed by atoms with E-state index in [1.54, 1.807) is 0 Å². The van der Waals surface area contributed by atoms with Gasteiger partial charge >= 0.3 is 0 Å². The lowest BCUT2D eigenvalue weighted by Crippen LogP contribution is -2.47. The van der Waals surface area contributed by atoms with Gasteiger partial charge in [-0.15, -0.1) is 0 Å². The number of anilines is 3. The summed E-state index contributed by atoms with van der Waals surface area (Å²) in [5, 5.41) is 3.46. The summed E-state index contributed by atoms with van der Waals surface area (Å²) in [4.78, 5) is 18.5. The number of rotatable bonds is 5. The fourth-order valence-electron chi connectivity index (χ4n) is 3.46. The lowest BCUT2D eigenvalue weighted by atomic mass is 10.1. The Hall–Kier alpha value is -3.15. The molecule has 0 unspecified atom stereocenters. The summed E-state index contributed by atoms with van der Waals surface area (Å²) >= 11 is 0. The maximum absolute atomic E-state index is 4.77. The molecule has 0 aliphatic carbocycles. The number of nitrogens with one attached hydrogen (secondary N) is 1. The van der Waals surface area contributed by atoms with Gasteiger partial charge in [0.1, 0.15) is 11.6 Å². The van der Waals surface area contributed by atoms with Crippen LogP contribution in [0.25, 0.3) is 0 Å². The van der Waals surface area contributed by atoms with Crippen molar-refractivity contribution in [1.82, 2.24) is 15.0 Å². The second kappa shape index (κ2) is 8.25. The number of aryl methyl sites for hydroxylation is 2. The molecule has 2 aromatic heterocycles. The molecular formula is C22H26N6. The van der Waals surface area contributed by atoms with Crippen LogP contribution in [0, 0.1) is 13.8 Å². The molecule has 144 valence electrons. The summed E-state index contributed by atoms with van der Waals surface area (Å²) < 4.78 is 0. The van der Waals surface area contributed by atoms with Crippen LogP contribution in [-0.4, -0.2) is 41.1 Å².